The fourth-order valence-electron chi connectivity index (χ4n) is 4.22. The highest BCUT2D eigenvalue weighted by Gasteiger charge is 2.34. The number of fused-ring (bicyclic) bond motifs is 1. The number of hydrogen-bond donors (Lipinski definition) is 0. The van der Waals surface area contributed by atoms with E-state index in [9.17, 15) is 14.0 Å². The third kappa shape index (κ3) is 4.51. The number of likely N-dealkylation sites (tertiary alicyclic amines) is 1. The molecule has 0 saturated carbocycles. The van der Waals surface area contributed by atoms with E-state index in [1.54, 1.807) is 9.80 Å². The predicted molar refractivity (Wildman–Crippen MR) is 116 cm³/mol. The fraction of sp³-hybridized carbons (Fsp3) is 0.391. The summed E-state index contributed by atoms with van der Waals surface area (Å²) >= 11 is 3.33. The maximum absolute atomic E-state index is 14.6. The first kappa shape index (κ1) is 20.8. The molecule has 5 nitrogen and oxygen atoms in total. The van der Waals surface area contributed by atoms with E-state index in [2.05, 4.69) is 15.9 Å². The Hall–Kier alpha value is -2.41. The van der Waals surface area contributed by atoms with Gasteiger partial charge in [0.2, 0.25) is 5.91 Å². The van der Waals surface area contributed by atoms with Crippen molar-refractivity contribution in [1.29, 1.82) is 0 Å². The number of halogens is 2. The highest BCUT2D eigenvalue weighted by Crippen LogP contribution is 2.35. The van der Waals surface area contributed by atoms with Gasteiger partial charge in [-0.3, -0.25) is 9.59 Å². The van der Waals surface area contributed by atoms with E-state index in [0.29, 0.717) is 48.4 Å². The Morgan fingerprint density at radius 1 is 1.10 bits per heavy atom. The molecule has 2 heterocycles. The van der Waals surface area contributed by atoms with Crippen molar-refractivity contribution < 1.29 is 18.7 Å². The molecule has 2 aliphatic heterocycles. The van der Waals surface area contributed by atoms with Crippen LogP contribution in [0.25, 0.3) is 0 Å². The summed E-state index contributed by atoms with van der Waals surface area (Å²) in [6.07, 6.45) is 2.76. The number of hydrogen-bond acceptors (Lipinski definition) is 3. The number of carbonyl (C=O) groups is 2. The van der Waals surface area contributed by atoms with Crippen LogP contribution in [-0.2, 0) is 16.0 Å². The normalized spacial score (nSPS) is 16.9. The maximum Gasteiger partial charge on any atom is 0.260 e. The standard InChI is InChI=1S/C23H24BrFN2O3/c24-18-13-17-5-4-10-27(22(17)20(25)14-18)23(29)16-8-11-26(12-9-16)21(28)15-30-19-6-2-1-3-7-19/h1-3,6-7,13-14,16H,4-5,8-12,15H2. The molecule has 4 rings (SSSR count). The van der Waals surface area contributed by atoms with Crippen LogP contribution in [0.15, 0.2) is 46.9 Å². The van der Waals surface area contributed by atoms with Crippen LogP contribution in [0.3, 0.4) is 0 Å². The molecule has 0 spiro atoms. The van der Waals surface area contributed by atoms with E-state index in [1.165, 1.54) is 6.07 Å². The smallest absolute Gasteiger partial charge is 0.260 e. The SMILES string of the molecule is O=C(COc1ccccc1)N1CCC(C(=O)N2CCCc3cc(Br)cc(F)c32)CC1. The van der Waals surface area contributed by atoms with E-state index in [0.717, 1.165) is 18.4 Å². The minimum Gasteiger partial charge on any atom is -0.484 e. The molecule has 0 radical (unpaired) electrons. The van der Waals surface area contributed by atoms with Crippen LogP contribution >= 0.6 is 15.9 Å². The molecule has 0 N–H and O–H groups in total. The van der Waals surface area contributed by atoms with Crippen LogP contribution in [-0.4, -0.2) is 43.0 Å². The zero-order chi connectivity index (χ0) is 21.1. The Bertz CT molecular complexity index is 930. The molecular formula is C23H24BrFN2O3. The summed E-state index contributed by atoms with van der Waals surface area (Å²) in [5.74, 6) is -0.0155. The van der Waals surface area contributed by atoms with Crippen molar-refractivity contribution in [2.75, 3.05) is 31.1 Å². The first-order valence-electron chi connectivity index (χ1n) is 10.3. The maximum atomic E-state index is 14.6. The number of nitrogens with zero attached hydrogens (tertiary/aromatic N) is 2. The van der Waals surface area contributed by atoms with Gasteiger partial charge in [0.05, 0.1) is 5.69 Å². The minimum absolute atomic E-state index is 0.0117. The van der Waals surface area contributed by atoms with Gasteiger partial charge in [-0.15, -0.1) is 0 Å². The van der Waals surface area contributed by atoms with E-state index < -0.39 is 0 Å². The van der Waals surface area contributed by atoms with Gasteiger partial charge in [-0.2, -0.15) is 0 Å². The third-order valence-corrected chi connectivity index (χ3v) is 6.23. The number of carbonyl (C=O) groups excluding carboxylic acids is 2. The monoisotopic (exact) mass is 474 g/mol. The number of rotatable bonds is 4. The molecule has 2 aromatic carbocycles. The largest absolute Gasteiger partial charge is 0.484 e. The van der Waals surface area contributed by atoms with Crippen LogP contribution < -0.4 is 9.64 Å². The molecule has 7 heteroatoms. The van der Waals surface area contributed by atoms with Crippen molar-refractivity contribution in [1.82, 2.24) is 4.90 Å². The average Bonchev–Trinajstić information content (AvgIpc) is 2.77. The molecular weight excluding hydrogens is 451 g/mol. The first-order valence-corrected chi connectivity index (χ1v) is 11.1. The molecule has 158 valence electrons. The lowest BCUT2D eigenvalue weighted by Gasteiger charge is -2.36. The van der Waals surface area contributed by atoms with Crippen molar-refractivity contribution >= 4 is 33.4 Å². The summed E-state index contributed by atoms with van der Waals surface area (Å²) < 4.78 is 20.8. The number of ether oxygens (including phenoxy) is 1. The second-order valence-electron chi connectivity index (χ2n) is 7.75. The van der Waals surface area contributed by atoms with Crippen molar-refractivity contribution in [2.24, 2.45) is 5.92 Å². The second-order valence-corrected chi connectivity index (χ2v) is 8.66. The van der Waals surface area contributed by atoms with E-state index in [4.69, 9.17) is 4.74 Å². The van der Waals surface area contributed by atoms with Crippen molar-refractivity contribution in [3.63, 3.8) is 0 Å². The van der Waals surface area contributed by atoms with E-state index in [-0.39, 0.29) is 30.2 Å². The fourth-order valence-corrected chi connectivity index (χ4v) is 4.70. The van der Waals surface area contributed by atoms with Crippen molar-refractivity contribution in [3.05, 3.63) is 58.3 Å². The van der Waals surface area contributed by atoms with Gasteiger partial charge < -0.3 is 14.5 Å². The zero-order valence-electron chi connectivity index (χ0n) is 16.7. The molecule has 0 aromatic heterocycles. The average molecular weight is 475 g/mol. The molecule has 0 bridgehead atoms. The number of amides is 2. The minimum atomic E-state index is -0.363. The molecule has 0 aliphatic carbocycles. The summed E-state index contributed by atoms with van der Waals surface area (Å²) in [4.78, 5) is 29.0. The molecule has 1 saturated heterocycles. The number of piperidine rings is 1. The van der Waals surface area contributed by atoms with Gasteiger partial charge in [-0.1, -0.05) is 34.1 Å². The molecule has 0 unspecified atom stereocenters. The highest BCUT2D eigenvalue weighted by atomic mass is 79.9. The first-order chi connectivity index (χ1) is 14.5. The lowest BCUT2D eigenvalue weighted by atomic mass is 9.93. The summed E-state index contributed by atoms with van der Waals surface area (Å²) in [5.41, 5.74) is 1.29. The number of anilines is 1. The number of aryl methyl sites for hydroxylation is 1. The van der Waals surface area contributed by atoms with Gasteiger partial charge >= 0.3 is 0 Å². The molecule has 1 fully saturated rings. The Kier molecular flexibility index (Phi) is 6.37. The van der Waals surface area contributed by atoms with Crippen LogP contribution in [0.2, 0.25) is 0 Å². The van der Waals surface area contributed by atoms with Crippen molar-refractivity contribution in [3.8, 4) is 5.75 Å². The summed E-state index contributed by atoms with van der Waals surface area (Å²) in [6, 6.07) is 12.5. The Morgan fingerprint density at radius 3 is 2.57 bits per heavy atom. The highest BCUT2D eigenvalue weighted by molar-refractivity contribution is 9.10. The predicted octanol–water partition coefficient (Wildman–Crippen LogP) is 4.19. The van der Waals surface area contributed by atoms with Crippen LogP contribution in [0.5, 0.6) is 5.75 Å². The van der Waals surface area contributed by atoms with E-state index in [1.807, 2.05) is 36.4 Å². The molecule has 30 heavy (non-hydrogen) atoms. The van der Waals surface area contributed by atoms with Gasteiger partial charge in [-0.25, -0.2) is 4.39 Å². The topological polar surface area (TPSA) is 49.9 Å². The van der Waals surface area contributed by atoms with Gasteiger partial charge in [0.1, 0.15) is 11.6 Å². The zero-order valence-corrected chi connectivity index (χ0v) is 18.2. The van der Waals surface area contributed by atoms with Gasteiger partial charge in [0.15, 0.2) is 6.61 Å². The van der Waals surface area contributed by atoms with Gasteiger partial charge in [-0.05, 0) is 55.5 Å². The molecule has 2 amide bonds. The Morgan fingerprint density at radius 2 is 1.83 bits per heavy atom. The lowest BCUT2D eigenvalue weighted by molar-refractivity contribution is -0.136. The van der Waals surface area contributed by atoms with E-state index >= 15 is 0 Å². The van der Waals surface area contributed by atoms with Gasteiger partial charge in [0, 0.05) is 30.0 Å². The molecule has 2 aromatic rings. The van der Waals surface area contributed by atoms with Crippen LogP contribution in [0.1, 0.15) is 24.8 Å². The number of para-hydroxylation sites is 1. The quantitative estimate of drug-likeness (QED) is 0.667. The summed E-state index contributed by atoms with van der Waals surface area (Å²) in [5, 5.41) is 0. The van der Waals surface area contributed by atoms with Gasteiger partial charge in [0.25, 0.3) is 5.91 Å². The summed E-state index contributed by atoms with van der Waals surface area (Å²) in [7, 11) is 0. The summed E-state index contributed by atoms with van der Waals surface area (Å²) in [6.45, 7) is 1.55. The molecule has 0 atom stereocenters. The Labute approximate surface area is 183 Å². The molecule has 2 aliphatic rings. The second kappa shape index (κ2) is 9.16. The lowest BCUT2D eigenvalue weighted by Crippen LogP contribution is -2.47. The number of benzene rings is 2. The van der Waals surface area contributed by atoms with Crippen LogP contribution in [0.4, 0.5) is 10.1 Å². The third-order valence-electron chi connectivity index (χ3n) is 5.77. The Balaban J connectivity index is 1.35. The van der Waals surface area contributed by atoms with Crippen molar-refractivity contribution in [2.45, 2.75) is 25.7 Å². The van der Waals surface area contributed by atoms with Crippen LogP contribution in [0, 0.1) is 11.7 Å².